The molecule has 0 aromatic carbocycles. The molecule has 0 aromatic heterocycles. The highest BCUT2D eigenvalue weighted by atomic mass is 15.1. The first-order valence-corrected chi connectivity index (χ1v) is 8.67. The van der Waals surface area contributed by atoms with Crippen molar-refractivity contribution in [2.75, 3.05) is 13.6 Å². The maximum absolute atomic E-state index is 4.39. The highest BCUT2D eigenvalue weighted by Crippen LogP contribution is 2.26. The van der Waals surface area contributed by atoms with Gasteiger partial charge in [-0.3, -0.25) is 9.89 Å². The molecule has 124 valence electrons. The highest BCUT2D eigenvalue weighted by Gasteiger charge is 2.21. The molecule has 0 aromatic rings. The Bertz CT molecular complexity index is 284. The Morgan fingerprint density at radius 3 is 2.10 bits per heavy atom. The summed E-state index contributed by atoms with van der Waals surface area (Å²) < 4.78 is 0. The molecule has 1 aliphatic rings. The van der Waals surface area contributed by atoms with Gasteiger partial charge in [0.2, 0.25) is 0 Å². The number of hydrogen-bond donors (Lipinski definition) is 0. The van der Waals surface area contributed by atoms with Gasteiger partial charge in [0.1, 0.15) is 0 Å². The molecule has 1 fully saturated rings. The molecule has 0 heterocycles. The second kappa shape index (κ2) is 15.5. The van der Waals surface area contributed by atoms with Crippen LogP contribution in [0.2, 0.25) is 0 Å². The zero-order valence-corrected chi connectivity index (χ0v) is 15.5. The van der Waals surface area contributed by atoms with Gasteiger partial charge in [0.15, 0.2) is 0 Å². The molecule has 1 rings (SSSR count). The van der Waals surface area contributed by atoms with E-state index in [9.17, 15) is 0 Å². The minimum absolute atomic E-state index is 0.724. The second-order valence-electron chi connectivity index (χ2n) is 5.14. The lowest BCUT2D eigenvalue weighted by Gasteiger charge is -2.33. The fraction of sp³-hybridized carbons (Fsp3) is 0.737. The van der Waals surface area contributed by atoms with Gasteiger partial charge < -0.3 is 0 Å². The van der Waals surface area contributed by atoms with Crippen molar-refractivity contribution in [1.82, 2.24) is 4.90 Å². The number of aliphatic imine (C=N–C) groups is 1. The van der Waals surface area contributed by atoms with Crippen LogP contribution in [-0.2, 0) is 0 Å². The fourth-order valence-corrected chi connectivity index (χ4v) is 2.40. The van der Waals surface area contributed by atoms with Gasteiger partial charge in [-0.1, -0.05) is 47.3 Å². The minimum atomic E-state index is 0.724. The Kier molecular flexibility index (Phi) is 16.5. The third-order valence-electron chi connectivity index (χ3n) is 3.65. The first kappa shape index (κ1) is 22.4. The van der Waals surface area contributed by atoms with Crippen LogP contribution in [0.3, 0.4) is 0 Å². The van der Waals surface area contributed by atoms with E-state index in [1.165, 1.54) is 25.7 Å². The van der Waals surface area contributed by atoms with E-state index < -0.39 is 0 Å². The zero-order valence-electron chi connectivity index (χ0n) is 15.5. The average Bonchev–Trinajstić information content (AvgIpc) is 2.55. The lowest BCUT2D eigenvalue weighted by molar-refractivity contribution is 0.189. The lowest BCUT2D eigenvalue weighted by atomic mass is 9.87. The standard InChI is InChI=1S/C15H26N2.2C2H6/c1-5-11-16-14(6-2)12-17(4)15-9-7-13(3)8-10-15;2*1-2/h5-6,11,13,15H,2,7-10,12H2,1,3-4H3;2*1-2H3/b11-5-,16-14?;;. The van der Waals surface area contributed by atoms with E-state index in [1.54, 1.807) is 0 Å². The van der Waals surface area contributed by atoms with E-state index in [0.717, 1.165) is 24.2 Å². The Balaban J connectivity index is 0. The van der Waals surface area contributed by atoms with Crippen molar-refractivity contribution < 1.29 is 0 Å². The van der Waals surface area contributed by atoms with Crippen LogP contribution in [0, 0.1) is 5.92 Å². The second-order valence-corrected chi connectivity index (χ2v) is 5.14. The van der Waals surface area contributed by atoms with Gasteiger partial charge in [-0.2, -0.15) is 0 Å². The van der Waals surface area contributed by atoms with E-state index in [2.05, 4.69) is 30.4 Å². The highest BCUT2D eigenvalue weighted by molar-refractivity contribution is 5.96. The van der Waals surface area contributed by atoms with Crippen LogP contribution in [-0.4, -0.2) is 30.2 Å². The molecule has 0 amide bonds. The van der Waals surface area contributed by atoms with Gasteiger partial charge in [0, 0.05) is 18.8 Å². The summed E-state index contributed by atoms with van der Waals surface area (Å²) in [4.78, 5) is 6.81. The normalized spacial score (nSPS) is 22.2. The molecule has 2 heteroatoms. The molecule has 0 unspecified atom stereocenters. The van der Waals surface area contributed by atoms with Crippen LogP contribution in [0.15, 0.2) is 29.9 Å². The third-order valence-corrected chi connectivity index (χ3v) is 3.65. The summed E-state index contributed by atoms with van der Waals surface area (Å²) in [6.45, 7) is 17.1. The van der Waals surface area contributed by atoms with E-state index in [4.69, 9.17) is 0 Å². The molecule has 1 saturated carbocycles. The summed E-state index contributed by atoms with van der Waals surface area (Å²) in [5.74, 6) is 0.912. The SMILES string of the molecule is C=CC(CN(C)C1CCC(C)CC1)=N/C=C\C.CC.CC. The Labute approximate surface area is 134 Å². The molecule has 0 saturated heterocycles. The quantitative estimate of drug-likeness (QED) is 0.593. The summed E-state index contributed by atoms with van der Waals surface area (Å²) >= 11 is 0. The van der Waals surface area contributed by atoms with Crippen LogP contribution in [0.1, 0.15) is 67.2 Å². The van der Waals surface area contributed by atoms with Gasteiger partial charge in [0.05, 0.1) is 5.71 Å². The van der Waals surface area contributed by atoms with E-state index in [-0.39, 0.29) is 0 Å². The van der Waals surface area contributed by atoms with Gasteiger partial charge in [-0.25, -0.2) is 0 Å². The van der Waals surface area contributed by atoms with Crippen LogP contribution in [0.25, 0.3) is 0 Å². The largest absolute Gasteiger partial charge is 0.298 e. The predicted octanol–water partition coefficient (Wildman–Crippen LogP) is 5.71. The summed E-state index contributed by atoms with van der Waals surface area (Å²) in [6, 6.07) is 0.724. The van der Waals surface area contributed by atoms with E-state index >= 15 is 0 Å². The first-order valence-electron chi connectivity index (χ1n) is 8.67. The third kappa shape index (κ3) is 10.5. The van der Waals surface area contributed by atoms with Crippen LogP contribution >= 0.6 is 0 Å². The topological polar surface area (TPSA) is 15.6 Å². The smallest absolute Gasteiger partial charge is 0.0537 e. The summed E-state index contributed by atoms with van der Waals surface area (Å²) in [5.41, 5.74) is 1.06. The molecule has 1 aliphatic carbocycles. The van der Waals surface area contributed by atoms with Crippen LogP contribution in [0.4, 0.5) is 0 Å². The van der Waals surface area contributed by atoms with Crippen molar-refractivity contribution in [3.8, 4) is 0 Å². The molecule has 0 bridgehead atoms. The Morgan fingerprint density at radius 2 is 1.67 bits per heavy atom. The first-order chi connectivity index (χ1) is 10.2. The summed E-state index contributed by atoms with van der Waals surface area (Å²) in [5, 5.41) is 0. The molecule has 0 spiro atoms. The summed E-state index contributed by atoms with van der Waals surface area (Å²) in [7, 11) is 2.20. The molecular formula is C19H38N2. The van der Waals surface area contributed by atoms with E-state index in [0.29, 0.717) is 0 Å². The van der Waals surface area contributed by atoms with Gasteiger partial charge in [0.25, 0.3) is 0 Å². The number of allylic oxidation sites excluding steroid dienone is 1. The van der Waals surface area contributed by atoms with Crippen molar-refractivity contribution in [3.05, 3.63) is 24.9 Å². The van der Waals surface area contributed by atoms with Crippen molar-refractivity contribution in [2.45, 2.75) is 73.3 Å². The number of nitrogens with zero attached hydrogens (tertiary/aromatic N) is 2. The van der Waals surface area contributed by atoms with Gasteiger partial charge in [-0.15, -0.1) is 0 Å². The Morgan fingerprint density at radius 1 is 1.14 bits per heavy atom. The predicted molar refractivity (Wildman–Crippen MR) is 99.2 cm³/mol. The Hall–Kier alpha value is -0.890. The van der Waals surface area contributed by atoms with Crippen molar-refractivity contribution >= 4 is 5.71 Å². The molecule has 0 atom stereocenters. The zero-order chi connectivity index (χ0) is 16.7. The molecule has 0 aliphatic heterocycles. The molecule has 0 N–H and O–H groups in total. The number of hydrogen-bond acceptors (Lipinski definition) is 2. The van der Waals surface area contributed by atoms with E-state index in [1.807, 2.05) is 53.0 Å². The van der Waals surface area contributed by atoms with Crippen molar-refractivity contribution in [2.24, 2.45) is 10.9 Å². The maximum Gasteiger partial charge on any atom is 0.0537 e. The number of rotatable bonds is 5. The monoisotopic (exact) mass is 294 g/mol. The lowest BCUT2D eigenvalue weighted by Crippen LogP contribution is -2.37. The van der Waals surface area contributed by atoms with Crippen LogP contribution < -0.4 is 0 Å². The minimum Gasteiger partial charge on any atom is -0.298 e. The molecule has 21 heavy (non-hydrogen) atoms. The molecule has 2 nitrogen and oxygen atoms in total. The average molecular weight is 295 g/mol. The fourth-order valence-electron chi connectivity index (χ4n) is 2.40. The molecular weight excluding hydrogens is 256 g/mol. The van der Waals surface area contributed by atoms with Crippen LogP contribution in [0.5, 0.6) is 0 Å². The van der Waals surface area contributed by atoms with Crippen molar-refractivity contribution in [1.29, 1.82) is 0 Å². The van der Waals surface area contributed by atoms with Gasteiger partial charge in [-0.05, 0) is 51.6 Å². The molecule has 0 radical (unpaired) electrons. The summed E-state index contributed by atoms with van der Waals surface area (Å²) in [6.07, 6.45) is 11.0. The van der Waals surface area contributed by atoms with Gasteiger partial charge >= 0.3 is 0 Å². The maximum atomic E-state index is 4.39. The van der Waals surface area contributed by atoms with Crippen molar-refractivity contribution in [3.63, 3.8) is 0 Å².